The van der Waals surface area contributed by atoms with E-state index < -0.39 is 0 Å². The fourth-order valence-corrected chi connectivity index (χ4v) is 2.51. The van der Waals surface area contributed by atoms with Crippen LogP contribution in [-0.2, 0) is 11.3 Å². The Morgan fingerprint density at radius 3 is 2.92 bits per heavy atom. The van der Waals surface area contributed by atoms with E-state index in [0.29, 0.717) is 29.6 Å². The minimum Gasteiger partial charge on any atom is -0.359 e. The zero-order valence-corrected chi connectivity index (χ0v) is 13.0. The van der Waals surface area contributed by atoms with Crippen LogP contribution in [0.2, 0.25) is 0 Å². The Balaban J connectivity index is 1.52. The predicted octanol–water partition coefficient (Wildman–Crippen LogP) is 1.97. The van der Waals surface area contributed by atoms with Crippen LogP contribution in [0.3, 0.4) is 0 Å². The van der Waals surface area contributed by atoms with Crippen molar-refractivity contribution in [2.24, 2.45) is 0 Å². The zero-order valence-electron chi connectivity index (χ0n) is 13.0. The van der Waals surface area contributed by atoms with Crippen LogP contribution < -0.4 is 16.0 Å². The number of amides is 1. The molecule has 0 unspecified atom stereocenters. The Morgan fingerprint density at radius 2 is 2.08 bits per heavy atom. The second-order valence-corrected chi connectivity index (χ2v) is 5.53. The number of halogens is 1. The van der Waals surface area contributed by atoms with E-state index in [9.17, 15) is 9.18 Å². The molecule has 1 aliphatic heterocycles. The molecule has 0 bridgehead atoms. The van der Waals surface area contributed by atoms with Crippen LogP contribution in [0.5, 0.6) is 0 Å². The summed E-state index contributed by atoms with van der Waals surface area (Å²) < 4.78 is 14.7. The highest BCUT2D eigenvalue weighted by Crippen LogP contribution is 2.30. The molecule has 1 amide bonds. The quantitative estimate of drug-likeness (QED) is 0.672. The maximum Gasteiger partial charge on any atom is 0.243 e. The maximum atomic E-state index is 13.0. The fraction of sp³-hybridized carbons (Fsp3) is 0.125. The van der Waals surface area contributed by atoms with Gasteiger partial charge in [0, 0.05) is 6.20 Å². The van der Waals surface area contributed by atoms with Crippen molar-refractivity contribution in [1.29, 1.82) is 0 Å². The summed E-state index contributed by atoms with van der Waals surface area (Å²) in [6, 6.07) is 6.26. The monoisotopic (exact) mass is 339 g/mol. The average Bonchev–Trinajstić information content (AvgIpc) is 3.04. The molecule has 8 nitrogen and oxygen atoms in total. The Labute approximate surface area is 142 Å². The summed E-state index contributed by atoms with van der Waals surface area (Å²) in [5.41, 5.74) is 2.15. The van der Waals surface area contributed by atoms with Crippen LogP contribution in [0.15, 0.2) is 43.0 Å². The molecule has 3 N–H and O–H groups in total. The topological polar surface area (TPSA) is 96.8 Å². The molecule has 0 saturated carbocycles. The van der Waals surface area contributed by atoms with Gasteiger partial charge in [0.2, 0.25) is 5.91 Å². The molecule has 0 radical (unpaired) electrons. The molecular formula is C16H14FN7O. The zero-order chi connectivity index (χ0) is 17.2. The van der Waals surface area contributed by atoms with E-state index in [1.54, 1.807) is 29.2 Å². The summed E-state index contributed by atoms with van der Waals surface area (Å²) in [4.78, 5) is 19.8. The van der Waals surface area contributed by atoms with Crippen molar-refractivity contribution in [3.63, 3.8) is 0 Å². The normalized spacial score (nSPS) is 12.9. The van der Waals surface area contributed by atoms with Crippen molar-refractivity contribution in [3.8, 4) is 0 Å². The molecule has 0 atom stereocenters. The first kappa shape index (κ1) is 15.1. The first-order chi connectivity index (χ1) is 12.2. The number of carbonyl (C=O) groups is 1. The minimum atomic E-state index is -0.268. The van der Waals surface area contributed by atoms with Crippen LogP contribution in [-0.4, -0.2) is 32.2 Å². The van der Waals surface area contributed by atoms with E-state index in [2.05, 4.69) is 31.0 Å². The molecule has 4 rings (SSSR count). The Hall–Kier alpha value is -3.49. The Bertz CT molecular complexity index is 922. The third kappa shape index (κ3) is 3.25. The van der Waals surface area contributed by atoms with Gasteiger partial charge in [-0.15, -0.1) is 0 Å². The highest BCUT2D eigenvalue weighted by atomic mass is 19.1. The summed E-state index contributed by atoms with van der Waals surface area (Å²) in [5, 5.41) is 13.1. The Kier molecular flexibility index (Phi) is 3.73. The van der Waals surface area contributed by atoms with E-state index in [1.807, 2.05) is 0 Å². The lowest BCUT2D eigenvalue weighted by molar-refractivity contribution is -0.114. The van der Waals surface area contributed by atoms with E-state index in [0.717, 1.165) is 5.56 Å². The number of hydrogen-bond donors (Lipinski definition) is 3. The number of hydrogen-bond acceptors (Lipinski definition) is 6. The van der Waals surface area contributed by atoms with Gasteiger partial charge in [-0.25, -0.2) is 14.4 Å². The molecule has 3 aromatic rings. The lowest BCUT2D eigenvalue weighted by Crippen LogP contribution is -2.28. The van der Waals surface area contributed by atoms with Crippen molar-refractivity contribution in [2.45, 2.75) is 6.54 Å². The summed E-state index contributed by atoms with van der Waals surface area (Å²) >= 11 is 0. The number of benzene rings is 1. The molecule has 0 aliphatic carbocycles. The molecule has 0 saturated heterocycles. The SMILES string of the molecule is O=C1CNc2ncnc(Nc3cnn(Cc4ccc(F)cc4)c3)c2N1. The molecule has 0 fully saturated rings. The van der Waals surface area contributed by atoms with E-state index >= 15 is 0 Å². The summed E-state index contributed by atoms with van der Waals surface area (Å²) in [5.74, 6) is 0.621. The van der Waals surface area contributed by atoms with Gasteiger partial charge in [-0.3, -0.25) is 9.48 Å². The number of nitrogens with zero attached hydrogens (tertiary/aromatic N) is 4. The van der Waals surface area contributed by atoms with Gasteiger partial charge in [-0.2, -0.15) is 5.10 Å². The largest absolute Gasteiger partial charge is 0.359 e. The predicted molar refractivity (Wildman–Crippen MR) is 90.2 cm³/mol. The summed E-state index contributed by atoms with van der Waals surface area (Å²) in [6.07, 6.45) is 4.86. The summed E-state index contributed by atoms with van der Waals surface area (Å²) in [7, 11) is 0. The average molecular weight is 339 g/mol. The second kappa shape index (κ2) is 6.19. The second-order valence-electron chi connectivity index (χ2n) is 5.53. The highest BCUT2D eigenvalue weighted by molar-refractivity contribution is 6.03. The number of anilines is 4. The molecule has 25 heavy (non-hydrogen) atoms. The third-order valence-corrected chi connectivity index (χ3v) is 3.68. The Morgan fingerprint density at radius 1 is 1.24 bits per heavy atom. The van der Waals surface area contributed by atoms with Crippen LogP contribution >= 0.6 is 0 Å². The summed E-state index contributed by atoms with van der Waals surface area (Å²) in [6.45, 7) is 0.696. The fourth-order valence-electron chi connectivity index (χ4n) is 2.51. The van der Waals surface area contributed by atoms with Gasteiger partial charge in [0.15, 0.2) is 11.6 Å². The molecule has 0 spiro atoms. The van der Waals surface area contributed by atoms with E-state index in [4.69, 9.17) is 0 Å². The standard InChI is InChI=1S/C16H14FN7O/c17-11-3-1-10(2-4-11)7-24-8-12(5-21-24)22-16-14-15(19-9-20-16)18-6-13(25)23-14/h1-5,8-9H,6-7H2,(H,23,25)(H2,18,19,20,22). The van der Waals surface area contributed by atoms with Crippen molar-refractivity contribution < 1.29 is 9.18 Å². The molecule has 1 aliphatic rings. The maximum absolute atomic E-state index is 13.0. The van der Waals surface area contributed by atoms with Crippen molar-refractivity contribution in [2.75, 3.05) is 22.5 Å². The first-order valence-corrected chi connectivity index (χ1v) is 7.60. The van der Waals surface area contributed by atoms with Gasteiger partial charge in [-0.1, -0.05) is 12.1 Å². The molecule has 9 heteroatoms. The number of rotatable bonds is 4. The van der Waals surface area contributed by atoms with Crippen molar-refractivity contribution >= 4 is 28.9 Å². The van der Waals surface area contributed by atoms with Crippen molar-refractivity contribution in [1.82, 2.24) is 19.7 Å². The number of nitrogens with one attached hydrogen (secondary N) is 3. The van der Waals surface area contributed by atoms with E-state index in [1.165, 1.54) is 18.5 Å². The molecule has 1 aromatic carbocycles. The lowest BCUT2D eigenvalue weighted by Gasteiger charge is -2.19. The van der Waals surface area contributed by atoms with Gasteiger partial charge in [0.1, 0.15) is 17.8 Å². The molecule has 2 aromatic heterocycles. The smallest absolute Gasteiger partial charge is 0.243 e. The molecule has 126 valence electrons. The van der Waals surface area contributed by atoms with Gasteiger partial charge < -0.3 is 16.0 Å². The van der Waals surface area contributed by atoms with Crippen LogP contribution in [0.25, 0.3) is 0 Å². The number of aromatic nitrogens is 4. The van der Waals surface area contributed by atoms with Crippen molar-refractivity contribution in [3.05, 3.63) is 54.4 Å². The van der Waals surface area contributed by atoms with Gasteiger partial charge >= 0.3 is 0 Å². The third-order valence-electron chi connectivity index (χ3n) is 3.68. The number of fused-ring (bicyclic) bond motifs is 1. The van der Waals surface area contributed by atoms with E-state index in [-0.39, 0.29) is 18.3 Å². The van der Waals surface area contributed by atoms with Crippen LogP contribution in [0.4, 0.5) is 27.4 Å². The van der Waals surface area contributed by atoms with Crippen LogP contribution in [0.1, 0.15) is 5.56 Å². The van der Waals surface area contributed by atoms with Gasteiger partial charge in [-0.05, 0) is 17.7 Å². The minimum absolute atomic E-state index is 0.155. The lowest BCUT2D eigenvalue weighted by atomic mass is 10.2. The number of carbonyl (C=O) groups excluding carboxylic acids is 1. The van der Waals surface area contributed by atoms with Crippen LogP contribution in [0, 0.1) is 5.82 Å². The van der Waals surface area contributed by atoms with Gasteiger partial charge in [0.25, 0.3) is 0 Å². The highest BCUT2D eigenvalue weighted by Gasteiger charge is 2.19. The molecular weight excluding hydrogens is 325 g/mol. The molecule has 3 heterocycles. The first-order valence-electron chi connectivity index (χ1n) is 7.60. The van der Waals surface area contributed by atoms with Gasteiger partial charge in [0.05, 0.1) is 25.0 Å².